The highest BCUT2D eigenvalue weighted by atomic mass is 16.4. The van der Waals surface area contributed by atoms with Gasteiger partial charge in [-0.3, -0.25) is 4.79 Å². The summed E-state index contributed by atoms with van der Waals surface area (Å²) in [6, 6.07) is 0. The van der Waals surface area contributed by atoms with Gasteiger partial charge in [0.05, 0.1) is 5.41 Å². The fourth-order valence-electron chi connectivity index (χ4n) is 1.66. The quantitative estimate of drug-likeness (QED) is 0.709. The number of carboxylic acid groups (broad SMARTS) is 1. The Morgan fingerprint density at radius 3 is 2.43 bits per heavy atom. The van der Waals surface area contributed by atoms with E-state index >= 15 is 0 Å². The molecular formula is C11H21NO2. The Labute approximate surface area is 86.1 Å². The van der Waals surface area contributed by atoms with E-state index in [0.717, 1.165) is 32.4 Å². The van der Waals surface area contributed by atoms with Crippen LogP contribution in [0.1, 0.15) is 33.1 Å². The molecule has 1 rings (SSSR count). The maximum atomic E-state index is 10.9. The monoisotopic (exact) mass is 199 g/mol. The van der Waals surface area contributed by atoms with Crippen molar-refractivity contribution < 1.29 is 9.90 Å². The van der Waals surface area contributed by atoms with Gasteiger partial charge in [-0.2, -0.15) is 0 Å². The van der Waals surface area contributed by atoms with E-state index in [0.29, 0.717) is 5.92 Å². The van der Waals surface area contributed by atoms with Crippen molar-refractivity contribution in [2.45, 2.75) is 33.1 Å². The van der Waals surface area contributed by atoms with Gasteiger partial charge in [0.1, 0.15) is 0 Å². The Kier molecular flexibility index (Phi) is 3.53. The fraction of sp³-hybridized carbons (Fsp3) is 0.909. The molecule has 0 spiro atoms. The number of rotatable bonds is 6. The van der Waals surface area contributed by atoms with E-state index in [9.17, 15) is 4.79 Å². The van der Waals surface area contributed by atoms with Crippen LogP contribution in [0.5, 0.6) is 0 Å². The van der Waals surface area contributed by atoms with E-state index in [2.05, 4.69) is 18.7 Å². The molecule has 0 atom stereocenters. The third-order valence-corrected chi connectivity index (χ3v) is 2.97. The second-order valence-corrected chi connectivity index (χ2v) is 5.01. The second-order valence-electron chi connectivity index (χ2n) is 5.01. The van der Waals surface area contributed by atoms with Gasteiger partial charge in [0.2, 0.25) is 0 Å². The lowest BCUT2D eigenvalue weighted by atomic mass is 10.1. The molecular weight excluding hydrogens is 178 g/mol. The molecule has 0 unspecified atom stereocenters. The summed E-state index contributed by atoms with van der Waals surface area (Å²) < 4.78 is 0. The zero-order chi connectivity index (χ0) is 10.8. The van der Waals surface area contributed by atoms with E-state index < -0.39 is 11.4 Å². The van der Waals surface area contributed by atoms with Crippen molar-refractivity contribution in [2.75, 3.05) is 20.1 Å². The smallest absolute Gasteiger partial charge is 0.310 e. The molecule has 3 nitrogen and oxygen atoms in total. The van der Waals surface area contributed by atoms with Crippen LogP contribution in [0.25, 0.3) is 0 Å². The summed E-state index contributed by atoms with van der Waals surface area (Å²) in [4.78, 5) is 13.1. The molecule has 0 aromatic rings. The fourth-order valence-corrected chi connectivity index (χ4v) is 1.66. The van der Waals surface area contributed by atoms with Crippen LogP contribution in [-0.2, 0) is 4.79 Å². The van der Waals surface area contributed by atoms with E-state index in [1.54, 1.807) is 0 Å². The minimum atomic E-state index is -0.617. The molecule has 0 aromatic carbocycles. The zero-order valence-corrected chi connectivity index (χ0v) is 9.42. The Morgan fingerprint density at radius 1 is 1.50 bits per heavy atom. The molecule has 0 saturated heterocycles. The molecule has 1 aliphatic rings. The first kappa shape index (κ1) is 11.5. The molecule has 1 N–H and O–H groups in total. The average Bonchev–Trinajstić information content (AvgIpc) is 2.82. The summed E-state index contributed by atoms with van der Waals surface area (Å²) in [5, 5.41) is 9.00. The minimum Gasteiger partial charge on any atom is -0.481 e. The Morgan fingerprint density at radius 2 is 2.07 bits per heavy atom. The van der Waals surface area contributed by atoms with Gasteiger partial charge in [0.15, 0.2) is 0 Å². The molecule has 0 bridgehead atoms. The molecule has 0 amide bonds. The average molecular weight is 199 g/mol. The van der Waals surface area contributed by atoms with Crippen LogP contribution < -0.4 is 0 Å². The number of aliphatic carboxylic acids is 1. The van der Waals surface area contributed by atoms with Crippen LogP contribution in [0.2, 0.25) is 0 Å². The lowest BCUT2D eigenvalue weighted by molar-refractivity contribution is -0.144. The number of nitrogens with zero attached hydrogens (tertiary/aromatic N) is 1. The minimum absolute atomic E-state index is 0.397. The van der Waals surface area contributed by atoms with Crippen molar-refractivity contribution in [3.63, 3.8) is 0 Å². The highest BCUT2D eigenvalue weighted by molar-refractivity contribution is 5.78. The zero-order valence-electron chi connectivity index (χ0n) is 9.42. The number of hydrogen-bond acceptors (Lipinski definition) is 2. The molecule has 3 heteroatoms. The first-order chi connectivity index (χ1) is 6.46. The number of carbonyl (C=O) groups is 1. The van der Waals surface area contributed by atoms with E-state index in [4.69, 9.17) is 5.11 Å². The van der Waals surface area contributed by atoms with Crippen LogP contribution in [0, 0.1) is 11.3 Å². The van der Waals surface area contributed by atoms with Crippen molar-refractivity contribution in [3.05, 3.63) is 0 Å². The van der Waals surface area contributed by atoms with Gasteiger partial charge in [0, 0.05) is 6.54 Å². The lowest BCUT2D eigenvalue weighted by Gasteiger charge is -2.21. The van der Waals surface area contributed by atoms with E-state index in [1.165, 1.54) is 0 Å². The van der Waals surface area contributed by atoms with Crippen LogP contribution >= 0.6 is 0 Å². The maximum Gasteiger partial charge on any atom is 0.310 e. The highest BCUT2D eigenvalue weighted by Crippen LogP contribution is 2.46. The van der Waals surface area contributed by atoms with E-state index in [-0.39, 0.29) is 0 Å². The summed E-state index contributed by atoms with van der Waals surface area (Å²) >= 11 is 0. The van der Waals surface area contributed by atoms with Gasteiger partial charge in [-0.25, -0.2) is 0 Å². The van der Waals surface area contributed by atoms with Gasteiger partial charge < -0.3 is 10.0 Å². The summed E-state index contributed by atoms with van der Waals surface area (Å²) in [5.41, 5.74) is -0.397. The third-order valence-electron chi connectivity index (χ3n) is 2.97. The molecule has 0 heterocycles. The predicted octanol–water partition coefficient (Wildman–Crippen LogP) is 1.83. The van der Waals surface area contributed by atoms with Crippen molar-refractivity contribution in [1.29, 1.82) is 0 Å². The maximum absolute atomic E-state index is 10.9. The Balaban J connectivity index is 2.27. The molecule has 0 radical (unpaired) electrons. The molecule has 14 heavy (non-hydrogen) atoms. The van der Waals surface area contributed by atoms with Crippen LogP contribution in [0.4, 0.5) is 0 Å². The van der Waals surface area contributed by atoms with E-state index in [1.807, 2.05) is 7.05 Å². The largest absolute Gasteiger partial charge is 0.481 e. The Bertz CT molecular complexity index is 209. The summed E-state index contributed by atoms with van der Waals surface area (Å²) in [7, 11) is 2.02. The SMILES string of the molecule is CC(C)CCN(C)CC1(C(=O)O)CC1. The highest BCUT2D eigenvalue weighted by Gasteiger charge is 2.50. The standard InChI is InChI=1S/C11H21NO2/c1-9(2)4-7-12(3)8-11(5-6-11)10(13)14/h9H,4-8H2,1-3H3,(H,13,14). The first-order valence-corrected chi connectivity index (χ1v) is 5.38. The van der Waals surface area contributed by atoms with Gasteiger partial charge in [-0.05, 0) is 38.8 Å². The lowest BCUT2D eigenvalue weighted by Crippen LogP contribution is -2.32. The van der Waals surface area contributed by atoms with Crippen LogP contribution in [-0.4, -0.2) is 36.1 Å². The topological polar surface area (TPSA) is 40.5 Å². The van der Waals surface area contributed by atoms with Crippen molar-refractivity contribution in [2.24, 2.45) is 11.3 Å². The van der Waals surface area contributed by atoms with Crippen molar-refractivity contribution in [1.82, 2.24) is 4.90 Å². The predicted molar refractivity (Wildman–Crippen MR) is 56.3 cm³/mol. The summed E-state index contributed by atoms with van der Waals surface area (Å²) in [6.07, 6.45) is 2.86. The molecule has 1 fully saturated rings. The summed E-state index contributed by atoms with van der Waals surface area (Å²) in [5.74, 6) is 0.0753. The van der Waals surface area contributed by atoms with Gasteiger partial charge >= 0.3 is 5.97 Å². The second kappa shape index (κ2) is 4.30. The third kappa shape index (κ3) is 2.98. The summed E-state index contributed by atoms with van der Waals surface area (Å²) in [6.45, 7) is 6.11. The molecule has 0 aliphatic heterocycles. The van der Waals surface area contributed by atoms with Gasteiger partial charge in [-0.1, -0.05) is 13.8 Å². The number of carboxylic acids is 1. The van der Waals surface area contributed by atoms with Gasteiger partial charge in [-0.15, -0.1) is 0 Å². The molecule has 1 aliphatic carbocycles. The van der Waals surface area contributed by atoms with Crippen molar-refractivity contribution >= 4 is 5.97 Å². The molecule has 1 saturated carbocycles. The van der Waals surface area contributed by atoms with Crippen LogP contribution in [0.3, 0.4) is 0 Å². The number of hydrogen-bond donors (Lipinski definition) is 1. The molecule has 82 valence electrons. The normalized spacial score (nSPS) is 18.9. The van der Waals surface area contributed by atoms with Crippen molar-refractivity contribution in [3.8, 4) is 0 Å². The Hall–Kier alpha value is -0.570. The van der Waals surface area contributed by atoms with Crippen LogP contribution in [0.15, 0.2) is 0 Å². The van der Waals surface area contributed by atoms with Gasteiger partial charge in [0.25, 0.3) is 0 Å². The molecule has 0 aromatic heterocycles. The first-order valence-electron chi connectivity index (χ1n) is 5.38.